The quantitative estimate of drug-likeness (QED) is 0.315. The lowest BCUT2D eigenvalue weighted by molar-refractivity contribution is -0.145. The summed E-state index contributed by atoms with van der Waals surface area (Å²) in [4.78, 5) is 69.7. The molecule has 0 radical (unpaired) electrons. The predicted octanol–water partition coefficient (Wildman–Crippen LogP) is 5.64. The summed E-state index contributed by atoms with van der Waals surface area (Å²) < 4.78 is 5.43. The van der Waals surface area contributed by atoms with Gasteiger partial charge in [-0.2, -0.15) is 0 Å². The number of methoxy groups -OCH3 is 1. The Balaban J connectivity index is 2.04. The van der Waals surface area contributed by atoms with Gasteiger partial charge in [-0.1, -0.05) is 72.6 Å². The Hall–Kier alpha value is -4.01. The molecule has 226 valence electrons. The van der Waals surface area contributed by atoms with Crippen molar-refractivity contribution in [2.45, 2.75) is 73.3 Å². The van der Waals surface area contributed by atoms with E-state index >= 15 is 0 Å². The van der Waals surface area contributed by atoms with Crippen molar-refractivity contribution in [2.75, 3.05) is 22.6 Å². The van der Waals surface area contributed by atoms with Crippen LogP contribution in [0.1, 0.15) is 67.2 Å². The van der Waals surface area contributed by atoms with E-state index in [2.05, 4.69) is 10.6 Å². The maximum Gasteiger partial charge on any atom is 0.239 e. The number of unbranched alkanes of at least 4 members (excludes halogenated alkanes) is 1. The lowest BCUT2D eigenvalue weighted by atomic mass is 9.75. The zero-order valence-electron chi connectivity index (χ0n) is 25.7. The van der Waals surface area contributed by atoms with Crippen LogP contribution in [0.15, 0.2) is 48.5 Å². The van der Waals surface area contributed by atoms with Gasteiger partial charge in [0.2, 0.25) is 17.7 Å². The Kier molecular flexibility index (Phi) is 10.7. The summed E-state index contributed by atoms with van der Waals surface area (Å²) in [5.41, 5.74) is 0.167. The van der Waals surface area contributed by atoms with Crippen LogP contribution in [-0.4, -0.2) is 42.4 Å². The second-order valence-corrected chi connectivity index (χ2v) is 11.9. The fourth-order valence-corrected chi connectivity index (χ4v) is 5.06. The van der Waals surface area contributed by atoms with Gasteiger partial charge in [-0.3, -0.25) is 24.0 Å². The fraction of sp³-hybridized carbons (Fsp3) is 0.485. The normalized spacial score (nSPS) is 18.4. The van der Waals surface area contributed by atoms with Crippen LogP contribution in [0, 0.1) is 23.2 Å². The van der Waals surface area contributed by atoms with Crippen LogP contribution in [0.25, 0.3) is 0 Å². The fourth-order valence-electron chi connectivity index (χ4n) is 5.06. The molecule has 2 N–H and O–H groups in total. The molecule has 0 aromatic heterocycles. The third kappa shape index (κ3) is 7.06. The lowest BCUT2D eigenvalue weighted by Gasteiger charge is -2.27. The highest BCUT2D eigenvalue weighted by molar-refractivity contribution is 6.25. The molecule has 1 saturated heterocycles. The van der Waals surface area contributed by atoms with Crippen molar-refractivity contribution in [1.29, 1.82) is 0 Å². The van der Waals surface area contributed by atoms with Crippen molar-refractivity contribution < 1.29 is 28.7 Å². The van der Waals surface area contributed by atoms with Crippen molar-refractivity contribution in [3.8, 4) is 5.75 Å². The minimum Gasteiger partial charge on any atom is -0.495 e. The van der Waals surface area contributed by atoms with Crippen molar-refractivity contribution in [1.82, 2.24) is 0 Å². The van der Waals surface area contributed by atoms with E-state index in [1.165, 1.54) is 18.1 Å². The van der Waals surface area contributed by atoms with Gasteiger partial charge in [0.15, 0.2) is 11.6 Å². The van der Waals surface area contributed by atoms with E-state index < -0.39 is 46.7 Å². The summed E-state index contributed by atoms with van der Waals surface area (Å²) in [6.45, 7) is 10.7. The average Bonchev–Trinajstić information content (AvgIpc) is 3.20. The third-order valence-electron chi connectivity index (χ3n) is 7.74. The van der Waals surface area contributed by atoms with Gasteiger partial charge < -0.3 is 20.3 Å². The Morgan fingerprint density at radius 3 is 2.21 bits per heavy atom. The van der Waals surface area contributed by atoms with E-state index in [1.54, 1.807) is 57.2 Å². The molecule has 9 heteroatoms. The van der Waals surface area contributed by atoms with Gasteiger partial charge in [0.05, 0.1) is 18.8 Å². The maximum atomic E-state index is 14.0. The summed E-state index contributed by atoms with van der Waals surface area (Å²) in [5.74, 6) is -5.44. The van der Waals surface area contributed by atoms with E-state index in [0.29, 0.717) is 36.4 Å². The minimum atomic E-state index is -1.56. The second-order valence-electron chi connectivity index (χ2n) is 11.9. The first kappa shape index (κ1) is 32.5. The summed E-state index contributed by atoms with van der Waals surface area (Å²) in [7, 11) is 1.43. The molecule has 3 rings (SSSR count). The van der Waals surface area contributed by atoms with Crippen molar-refractivity contribution in [3.63, 3.8) is 0 Å². The number of Topliss-reactive ketones (excluding diaryl/α,β-unsaturated/α-hetero) is 2. The van der Waals surface area contributed by atoms with Crippen LogP contribution in [0.3, 0.4) is 0 Å². The van der Waals surface area contributed by atoms with Crippen LogP contribution in [0.4, 0.5) is 17.1 Å². The average molecular weight is 578 g/mol. The summed E-state index contributed by atoms with van der Waals surface area (Å²) in [5, 5.41) is 5.57. The zero-order chi connectivity index (χ0) is 31.2. The minimum absolute atomic E-state index is 0.179. The maximum absolute atomic E-state index is 14.0. The molecule has 4 atom stereocenters. The number of ketones is 2. The second kappa shape index (κ2) is 13.8. The number of carbonyl (C=O) groups excluding carboxylic acids is 5. The van der Waals surface area contributed by atoms with E-state index in [9.17, 15) is 24.0 Å². The molecule has 2 aromatic carbocycles. The van der Waals surface area contributed by atoms with Crippen molar-refractivity contribution in [2.24, 2.45) is 23.2 Å². The van der Waals surface area contributed by atoms with Gasteiger partial charge in [-0.25, -0.2) is 0 Å². The zero-order valence-corrected chi connectivity index (χ0v) is 25.7. The lowest BCUT2D eigenvalue weighted by Crippen LogP contribution is -2.45. The van der Waals surface area contributed by atoms with Gasteiger partial charge in [0, 0.05) is 22.7 Å². The van der Waals surface area contributed by atoms with Crippen LogP contribution >= 0.6 is 0 Å². The highest BCUT2D eigenvalue weighted by Crippen LogP contribution is 2.38. The predicted molar refractivity (Wildman–Crippen MR) is 163 cm³/mol. The van der Waals surface area contributed by atoms with Crippen LogP contribution in [0.2, 0.25) is 0 Å². The topological polar surface area (TPSA) is 122 Å². The first-order valence-corrected chi connectivity index (χ1v) is 14.6. The summed E-state index contributed by atoms with van der Waals surface area (Å²) in [6, 6.07) is 12.9. The Labute approximate surface area is 248 Å². The van der Waals surface area contributed by atoms with Gasteiger partial charge in [-0.05, 0) is 43.2 Å². The molecule has 1 heterocycles. The number of nitrogens with one attached hydrogen (secondary N) is 2. The van der Waals surface area contributed by atoms with Crippen LogP contribution in [-0.2, 0) is 24.0 Å². The molecule has 9 nitrogen and oxygen atoms in total. The van der Waals surface area contributed by atoms with Gasteiger partial charge in [0.1, 0.15) is 17.6 Å². The molecular formula is C33H43N3O6. The number of ether oxygens (including phenoxy) is 1. The number of nitrogens with zero attached hydrogens (tertiary/aromatic N) is 1. The number of hydrogen-bond donors (Lipinski definition) is 2. The number of hydrogen-bond acceptors (Lipinski definition) is 6. The largest absolute Gasteiger partial charge is 0.495 e. The third-order valence-corrected chi connectivity index (χ3v) is 7.74. The molecule has 0 bridgehead atoms. The molecule has 4 unspecified atom stereocenters. The Morgan fingerprint density at radius 1 is 0.976 bits per heavy atom. The molecule has 2 aromatic rings. The first-order chi connectivity index (χ1) is 19.8. The molecule has 3 amide bonds. The number of rotatable bonds is 12. The molecule has 42 heavy (non-hydrogen) atoms. The standard InChI is InChI=1S/C33H43N3O6/c1-8-10-16-24-28(37)26(32(41)36(24)22-14-12-11-13-15-22)27(29(38)33(4,5)6)31(40)35-23-19-21(17-18-25(23)42-7)34-30(39)20(3)9-2/h11-15,17-20,24,26-27H,8-10,16H2,1-7H3,(H,34,39)(H,35,40). The van der Waals surface area contributed by atoms with Crippen molar-refractivity contribution in [3.05, 3.63) is 48.5 Å². The smallest absolute Gasteiger partial charge is 0.239 e. The van der Waals surface area contributed by atoms with Gasteiger partial charge in [0.25, 0.3) is 0 Å². The van der Waals surface area contributed by atoms with E-state index in [0.717, 1.165) is 6.42 Å². The van der Waals surface area contributed by atoms with E-state index in [4.69, 9.17) is 4.74 Å². The van der Waals surface area contributed by atoms with Crippen LogP contribution < -0.4 is 20.3 Å². The SMILES string of the molecule is CCCCC1C(=O)C(C(C(=O)Nc2cc(NC(=O)C(C)CC)ccc2OC)C(=O)C(C)(C)C)C(=O)N1c1ccccc1. The number of anilines is 3. The van der Waals surface area contributed by atoms with Crippen molar-refractivity contribution >= 4 is 46.4 Å². The number of para-hydroxylation sites is 1. The highest BCUT2D eigenvalue weighted by atomic mass is 16.5. The summed E-state index contributed by atoms with van der Waals surface area (Å²) in [6.07, 6.45) is 2.61. The Morgan fingerprint density at radius 2 is 1.64 bits per heavy atom. The monoisotopic (exact) mass is 577 g/mol. The molecule has 0 spiro atoms. The first-order valence-electron chi connectivity index (χ1n) is 14.6. The van der Waals surface area contributed by atoms with Crippen LogP contribution in [0.5, 0.6) is 5.75 Å². The van der Waals surface area contributed by atoms with E-state index in [-0.39, 0.29) is 17.5 Å². The number of benzene rings is 2. The molecule has 1 aliphatic heterocycles. The molecule has 1 aliphatic rings. The molecule has 0 aliphatic carbocycles. The molecule has 1 fully saturated rings. The Bertz CT molecular complexity index is 1320. The van der Waals surface area contributed by atoms with Gasteiger partial charge in [-0.15, -0.1) is 0 Å². The summed E-state index contributed by atoms with van der Waals surface area (Å²) >= 11 is 0. The highest BCUT2D eigenvalue weighted by Gasteiger charge is 2.56. The molecular weight excluding hydrogens is 534 g/mol. The number of carbonyl (C=O) groups is 5. The number of amides is 3. The van der Waals surface area contributed by atoms with E-state index in [1.807, 2.05) is 26.8 Å². The molecule has 0 saturated carbocycles. The van der Waals surface area contributed by atoms with Gasteiger partial charge >= 0.3 is 0 Å².